The molecule has 4 nitrogen and oxygen atoms in total. The summed E-state index contributed by atoms with van der Waals surface area (Å²) in [5.41, 5.74) is 3.71. The van der Waals surface area contributed by atoms with E-state index in [1.165, 1.54) is 5.56 Å². The fraction of sp³-hybridized carbons (Fsp3) is 0.259. The Morgan fingerprint density at radius 2 is 1.39 bits per heavy atom. The van der Waals surface area contributed by atoms with E-state index in [0.29, 0.717) is 12.0 Å². The van der Waals surface area contributed by atoms with Crippen molar-refractivity contribution >= 4 is 11.9 Å². The second-order valence-corrected chi connectivity index (χ2v) is 7.80. The highest BCUT2D eigenvalue weighted by molar-refractivity contribution is 5.93. The maximum atomic E-state index is 12.8. The van der Waals surface area contributed by atoms with E-state index in [1.807, 2.05) is 73.7 Å². The smallest absolute Gasteiger partial charge is 0.339 e. The normalized spacial score (nSPS) is 12.6. The first-order valence-electron chi connectivity index (χ1n) is 10.7. The Morgan fingerprint density at radius 3 is 2.06 bits per heavy atom. The van der Waals surface area contributed by atoms with Gasteiger partial charge in [-0.1, -0.05) is 78.9 Å². The van der Waals surface area contributed by atoms with Gasteiger partial charge >= 0.3 is 5.97 Å². The zero-order valence-corrected chi connectivity index (χ0v) is 18.1. The number of carbonyl (C=O) groups is 2. The average Bonchev–Trinajstić information content (AvgIpc) is 2.79. The first-order chi connectivity index (χ1) is 15.0. The van der Waals surface area contributed by atoms with Gasteiger partial charge < -0.3 is 10.1 Å². The predicted octanol–water partition coefficient (Wildman–Crippen LogP) is 4.96. The van der Waals surface area contributed by atoms with Crippen molar-refractivity contribution in [2.45, 2.75) is 45.3 Å². The summed E-state index contributed by atoms with van der Waals surface area (Å²) in [5.74, 6) is -0.763. The number of amides is 1. The molecule has 3 aromatic rings. The van der Waals surface area contributed by atoms with Crippen LogP contribution in [0.2, 0.25) is 0 Å². The van der Waals surface area contributed by atoms with Crippen LogP contribution in [0.5, 0.6) is 0 Å². The van der Waals surface area contributed by atoms with Crippen molar-refractivity contribution in [2.24, 2.45) is 0 Å². The van der Waals surface area contributed by atoms with Gasteiger partial charge in [0, 0.05) is 6.04 Å². The quantitative estimate of drug-likeness (QED) is 0.503. The van der Waals surface area contributed by atoms with Crippen molar-refractivity contribution < 1.29 is 14.3 Å². The van der Waals surface area contributed by atoms with Gasteiger partial charge in [0.05, 0.1) is 5.56 Å². The molecule has 31 heavy (non-hydrogen) atoms. The fourth-order valence-electron chi connectivity index (χ4n) is 3.43. The Morgan fingerprint density at radius 1 is 0.806 bits per heavy atom. The summed E-state index contributed by atoms with van der Waals surface area (Å²) in [6, 6.07) is 27.5. The predicted molar refractivity (Wildman–Crippen MR) is 123 cm³/mol. The van der Waals surface area contributed by atoms with Crippen molar-refractivity contribution in [3.63, 3.8) is 0 Å². The molecule has 0 aliphatic carbocycles. The number of rotatable bonds is 9. The van der Waals surface area contributed by atoms with Gasteiger partial charge in [-0.2, -0.15) is 0 Å². The highest BCUT2D eigenvalue weighted by Crippen LogP contribution is 2.16. The van der Waals surface area contributed by atoms with Gasteiger partial charge in [-0.15, -0.1) is 0 Å². The lowest BCUT2D eigenvalue weighted by atomic mass is 10.00. The highest BCUT2D eigenvalue weighted by atomic mass is 16.5. The second-order valence-electron chi connectivity index (χ2n) is 7.80. The molecule has 1 amide bonds. The van der Waals surface area contributed by atoms with Crippen LogP contribution in [-0.4, -0.2) is 24.0 Å². The minimum Gasteiger partial charge on any atom is -0.449 e. The summed E-state index contributed by atoms with van der Waals surface area (Å²) in [5, 5.41) is 2.95. The summed E-state index contributed by atoms with van der Waals surface area (Å²) in [6.07, 6.45) is 1.46. The molecule has 0 bridgehead atoms. The molecule has 0 aliphatic heterocycles. The molecule has 3 rings (SSSR count). The summed E-state index contributed by atoms with van der Waals surface area (Å²) in [6.45, 7) is 3.57. The van der Waals surface area contributed by atoms with Crippen molar-refractivity contribution in [3.05, 3.63) is 107 Å². The van der Waals surface area contributed by atoms with E-state index >= 15 is 0 Å². The van der Waals surface area contributed by atoms with Crippen molar-refractivity contribution in [2.75, 3.05) is 0 Å². The molecule has 0 spiro atoms. The number of carbonyl (C=O) groups excluding carboxylic acids is 2. The van der Waals surface area contributed by atoms with E-state index in [2.05, 4.69) is 17.4 Å². The van der Waals surface area contributed by atoms with Crippen molar-refractivity contribution in [1.82, 2.24) is 5.32 Å². The Bertz CT molecular complexity index is 986. The third-order valence-electron chi connectivity index (χ3n) is 5.23. The minimum absolute atomic E-state index is 0.0146. The molecular weight excluding hydrogens is 386 g/mol. The lowest BCUT2D eigenvalue weighted by Crippen LogP contribution is -2.41. The van der Waals surface area contributed by atoms with Crippen LogP contribution in [0.4, 0.5) is 0 Å². The zero-order valence-electron chi connectivity index (χ0n) is 18.1. The minimum atomic E-state index is -0.864. The molecule has 0 fully saturated rings. The number of aryl methyl sites for hydroxylation is 1. The SMILES string of the molecule is C[C@@H](CCc1ccccc1)NC(=O)[C@@H](C)OC(=O)c1ccccc1Cc1ccccc1. The molecule has 0 radical (unpaired) electrons. The lowest BCUT2D eigenvalue weighted by Gasteiger charge is -2.18. The topological polar surface area (TPSA) is 55.4 Å². The standard InChI is InChI=1S/C27H29NO3/c1-20(17-18-22-11-5-3-6-12-22)28-26(29)21(2)31-27(30)25-16-10-9-15-24(25)19-23-13-7-4-8-14-23/h3-16,20-21H,17-19H2,1-2H3,(H,28,29)/t20-,21+/m0/s1. The zero-order chi connectivity index (χ0) is 22.1. The van der Waals surface area contributed by atoms with Crippen molar-refractivity contribution in [1.29, 1.82) is 0 Å². The summed E-state index contributed by atoms with van der Waals surface area (Å²) >= 11 is 0. The Balaban J connectivity index is 1.54. The summed E-state index contributed by atoms with van der Waals surface area (Å²) < 4.78 is 5.49. The molecule has 0 saturated carbocycles. The molecule has 0 saturated heterocycles. The Hall–Kier alpha value is -3.40. The van der Waals surface area contributed by atoms with Gasteiger partial charge in [0.25, 0.3) is 5.91 Å². The number of benzene rings is 3. The average molecular weight is 416 g/mol. The molecule has 2 atom stereocenters. The molecular formula is C27H29NO3. The second kappa shape index (κ2) is 11.1. The van der Waals surface area contributed by atoms with E-state index in [1.54, 1.807) is 13.0 Å². The van der Waals surface area contributed by atoms with Gasteiger partial charge in [0.15, 0.2) is 6.10 Å². The fourth-order valence-corrected chi connectivity index (χ4v) is 3.43. The van der Waals surface area contributed by atoms with Gasteiger partial charge in [0.2, 0.25) is 0 Å². The Kier molecular flexibility index (Phi) is 7.99. The summed E-state index contributed by atoms with van der Waals surface area (Å²) in [4.78, 5) is 25.3. The molecule has 3 aromatic carbocycles. The van der Waals surface area contributed by atoms with Crippen LogP contribution in [0.1, 0.15) is 47.3 Å². The molecule has 160 valence electrons. The van der Waals surface area contributed by atoms with Gasteiger partial charge in [0.1, 0.15) is 0 Å². The van der Waals surface area contributed by atoms with E-state index in [9.17, 15) is 9.59 Å². The molecule has 0 unspecified atom stereocenters. The number of esters is 1. The first-order valence-corrected chi connectivity index (χ1v) is 10.7. The Labute approximate surface area is 184 Å². The van der Waals surface area contributed by atoms with Crippen LogP contribution in [0.25, 0.3) is 0 Å². The van der Waals surface area contributed by atoms with Gasteiger partial charge in [-0.3, -0.25) is 4.79 Å². The number of hydrogen-bond donors (Lipinski definition) is 1. The maximum Gasteiger partial charge on any atom is 0.339 e. The largest absolute Gasteiger partial charge is 0.449 e. The number of hydrogen-bond acceptors (Lipinski definition) is 3. The summed E-state index contributed by atoms with van der Waals surface area (Å²) in [7, 11) is 0. The number of ether oxygens (including phenoxy) is 1. The third-order valence-corrected chi connectivity index (χ3v) is 5.23. The number of nitrogens with one attached hydrogen (secondary N) is 1. The van der Waals surface area contributed by atoms with Crippen molar-refractivity contribution in [3.8, 4) is 0 Å². The molecule has 0 aromatic heterocycles. The molecule has 0 aliphatic rings. The van der Waals surface area contributed by atoms with Crippen LogP contribution in [0.3, 0.4) is 0 Å². The first kappa shape index (κ1) is 22.3. The van der Waals surface area contributed by atoms with Crippen LogP contribution >= 0.6 is 0 Å². The lowest BCUT2D eigenvalue weighted by molar-refractivity contribution is -0.129. The van der Waals surface area contributed by atoms with Gasteiger partial charge in [-0.05, 0) is 55.9 Å². The third kappa shape index (κ3) is 6.82. The van der Waals surface area contributed by atoms with E-state index in [-0.39, 0.29) is 11.9 Å². The van der Waals surface area contributed by atoms with Crippen LogP contribution in [0.15, 0.2) is 84.9 Å². The molecule has 4 heteroatoms. The van der Waals surface area contributed by atoms with Crippen LogP contribution < -0.4 is 5.32 Å². The maximum absolute atomic E-state index is 12.8. The van der Waals surface area contributed by atoms with E-state index in [4.69, 9.17) is 4.74 Å². The monoisotopic (exact) mass is 415 g/mol. The van der Waals surface area contributed by atoms with E-state index < -0.39 is 12.1 Å². The van der Waals surface area contributed by atoms with Gasteiger partial charge in [-0.25, -0.2) is 4.79 Å². The van der Waals surface area contributed by atoms with E-state index in [0.717, 1.165) is 24.0 Å². The highest BCUT2D eigenvalue weighted by Gasteiger charge is 2.21. The van der Waals surface area contributed by atoms with Crippen LogP contribution in [-0.2, 0) is 22.4 Å². The van der Waals surface area contributed by atoms with Crippen LogP contribution in [0, 0.1) is 0 Å². The molecule has 0 heterocycles. The molecule has 1 N–H and O–H groups in total.